The van der Waals surface area contributed by atoms with Gasteiger partial charge >= 0.3 is 0 Å². The first-order chi connectivity index (χ1) is 17.0. The first-order valence-corrected chi connectivity index (χ1v) is 11.2. The summed E-state index contributed by atoms with van der Waals surface area (Å²) < 4.78 is 34.5. The summed E-state index contributed by atoms with van der Waals surface area (Å²) in [6, 6.07) is 11.2. The Balaban J connectivity index is 1.49. The number of halogens is 2. The summed E-state index contributed by atoms with van der Waals surface area (Å²) in [6.45, 7) is 3.15. The van der Waals surface area contributed by atoms with E-state index in [1.165, 1.54) is 12.1 Å². The summed E-state index contributed by atoms with van der Waals surface area (Å²) in [7, 11) is 0. The first kappa shape index (κ1) is 22.7. The van der Waals surface area contributed by atoms with Crippen LogP contribution >= 0.6 is 0 Å². The number of hydrogen-bond donors (Lipinski definition) is 2. The number of rotatable bonds is 7. The lowest BCUT2D eigenvalue weighted by atomic mass is 10.1. The quantitative estimate of drug-likeness (QED) is 0.424. The van der Waals surface area contributed by atoms with E-state index in [4.69, 9.17) is 10.5 Å². The van der Waals surface area contributed by atoms with Crippen LogP contribution in [0, 0.1) is 11.6 Å². The molecule has 8 nitrogen and oxygen atoms in total. The van der Waals surface area contributed by atoms with Crippen molar-refractivity contribution < 1.29 is 18.3 Å². The van der Waals surface area contributed by atoms with Crippen molar-refractivity contribution in [3.05, 3.63) is 77.8 Å². The number of imidazole rings is 1. The third kappa shape index (κ3) is 5.07. The molecule has 3 heterocycles. The summed E-state index contributed by atoms with van der Waals surface area (Å²) in [5, 5.41) is 3.17. The van der Waals surface area contributed by atoms with Crippen molar-refractivity contribution in [1.29, 1.82) is 0 Å². The molecule has 0 spiro atoms. The van der Waals surface area contributed by atoms with Gasteiger partial charge in [-0.1, -0.05) is 0 Å². The average Bonchev–Trinajstić information content (AvgIpc) is 3.26. The van der Waals surface area contributed by atoms with Crippen molar-refractivity contribution in [3.8, 4) is 5.82 Å². The van der Waals surface area contributed by atoms with Gasteiger partial charge in [-0.3, -0.25) is 9.36 Å². The molecular weight excluding hydrogens is 454 g/mol. The van der Waals surface area contributed by atoms with Crippen LogP contribution in [0.5, 0.6) is 0 Å². The Labute approximate surface area is 200 Å². The van der Waals surface area contributed by atoms with Gasteiger partial charge in [-0.05, 0) is 35.9 Å². The van der Waals surface area contributed by atoms with Crippen LogP contribution in [-0.2, 0) is 22.5 Å². The van der Waals surface area contributed by atoms with Crippen molar-refractivity contribution in [2.24, 2.45) is 5.73 Å². The molecule has 2 aromatic heterocycles. The molecule has 1 fully saturated rings. The molecule has 1 saturated heterocycles. The zero-order chi connectivity index (χ0) is 24.4. The van der Waals surface area contributed by atoms with Crippen molar-refractivity contribution in [2.75, 3.05) is 36.5 Å². The number of morpholine rings is 1. The molecular formula is C25H24F2N6O2. The smallest absolute Gasteiger partial charge is 0.221 e. The monoisotopic (exact) mass is 478 g/mol. The van der Waals surface area contributed by atoms with Gasteiger partial charge in [0.1, 0.15) is 23.8 Å². The molecule has 1 aliphatic rings. The normalized spacial score (nSPS) is 13.8. The zero-order valence-corrected chi connectivity index (χ0v) is 18.9. The first-order valence-electron chi connectivity index (χ1n) is 11.2. The van der Waals surface area contributed by atoms with Crippen LogP contribution in [0.15, 0.2) is 55.0 Å². The molecule has 35 heavy (non-hydrogen) atoms. The fourth-order valence-corrected chi connectivity index (χ4v) is 4.20. The van der Waals surface area contributed by atoms with Crippen LogP contribution in [0.25, 0.3) is 16.9 Å². The van der Waals surface area contributed by atoms with Gasteiger partial charge in [-0.2, -0.15) is 0 Å². The van der Waals surface area contributed by atoms with Crippen LogP contribution in [0.2, 0.25) is 0 Å². The molecule has 4 aromatic rings. The SMILES string of the molecule is NC(=O)Cc1cnc(-n2cnc3ccc(N4CCOCC4)cc32)cc1NCc1cc(F)cc(F)c1. The van der Waals surface area contributed by atoms with Crippen molar-refractivity contribution >= 4 is 28.3 Å². The highest BCUT2D eigenvalue weighted by Crippen LogP contribution is 2.26. The van der Waals surface area contributed by atoms with Gasteiger partial charge in [0, 0.05) is 54.9 Å². The Morgan fingerprint density at radius 3 is 2.57 bits per heavy atom. The van der Waals surface area contributed by atoms with Gasteiger partial charge in [-0.25, -0.2) is 18.7 Å². The molecule has 0 radical (unpaired) electrons. The van der Waals surface area contributed by atoms with Crippen molar-refractivity contribution in [3.63, 3.8) is 0 Å². The number of ether oxygens (including phenoxy) is 1. The second-order valence-electron chi connectivity index (χ2n) is 8.36. The third-order valence-corrected chi connectivity index (χ3v) is 5.90. The number of carbonyl (C=O) groups is 1. The summed E-state index contributed by atoms with van der Waals surface area (Å²) in [4.78, 5) is 22.9. The molecule has 0 aliphatic carbocycles. The zero-order valence-electron chi connectivity index (χ0n) is 18.9. The molecule has 5 rings (SSSR count). The van der Waals surface area contributed by atoms with Crippen LogP contribution in [0.3, 0.4) is 0 Å². The van der Waals surface area contributed by atoms with Crippen LogP contribution in [-0.4, -0.2) is 46.7 Å². The number of fused-ring (bicyclic) bond motifs is 1. The van der Waals surface area contributed by atoms with Crippen LogP contribution in [0.1, 0.15) is 11.1 Å². The number of nitrogens with zero attached hydrogens (tertiary/aromatic N) is 4. The van der Waals surface area contributed by atoms with E-state index in [1.54, 1.807) is 18.6 Å². The van der Waals surface area contributed by atoms with Crippen molar-refractivity contribution in [2.45, 2.75) is 13.0 Å². The predicted octanol–water partition coefficient (Wildman–Crippen LogP) is 3.18. The number of nitrogens with two attached hydrogens (primary N) is 1. The molecule has 0 bridgehead atoms. The number of hydrogen-bond acceptors (Lipinski definition) is 6. The average molecular weight is 479 g/mol. The summed E-state index contributed by atoms with van der Waals surface area (Å²) in [5.74, 6) is -1.25. The Hall–Kier alpha value is -4.05. The maximum absolute atomic E-state index is 13.6. The van der Waals surface area contributed by atoms with E-state index in [0.29, 0.717) is 35.8 Å². The van der Waals surface area contributed by atoms with Gasteiger partial charge in [-0.15, -0.1) is 0 Å². The Morgan fingerprint density at radius 1 is 1.06 bits per heavy atom. The van der Waals surface area contributed by atoms with E-state index in [2.05, 4.69) is 26.3 Å². The number of carbonyl (C=O) groups excluding carboxylic acids is 1. The molecule has 180 valence electrons. The summed E-state index contributed by atoms with van der Waals surface area (Å²) in [6.07, 6.45) is 3.24. The van der Waals surface area contributed by atoms with Gasteiger partial charge in [0.15, 0.2) is 0 Å². The highest BCUT2D eigenvalue weighted by atomic mass is 19.1. The molecule has 0 unspecified atom stereocenters. The summed E-state index contributed by atoms with van der Waals surface area (Å²) in [5.41, 5.74) is 9.77. The third-order valence-electron chi connectivity index (χ3n) is 5.90. The molecule has 1 aliphatic heterocycles. The van der Waals surface area contributed by atoms with Crippen LogP contribution in [0.4, 0.5) is 20.2 Å². The molecule has 10 heteroatoms. The largest absolute Gasteiger partial charge is 0.381 e. The fourth-order valence-electron chi connectivity index (χ4n) is 4.20. The lowest BCUT2D eigenvalue weighted by Crippen LogP contribution is -2.36. The Morgan fingerprint density at radius 2 is 1.83 bits per heavy atom. The second-order valence-corrected chi connectivity index (χ2v) is 8.36. The predicted molar refractivity (Wildman–Crippen MR) is 128 cm³/mol. The fraction of sp³-hybridized carbons (Fsp3) is 0.240. The number of pyridine rings is 1. The van der Waals surface area contributed by atoms with Crippen LogP contribution < -0.4 is 16.0 Å². The highest BCUT2D eigenvalue weighted by Gasteiger charge is 2.15. The van der Waals surface area contributed by atoms with Gasteiger partial charge in [0.2, 0.25) is 5.91 Å². The van der Waals surface area contributed by atoms with Crippen molar-refractivity contribution in [1.82, 2.24) is 14.5 Å². The topological polar surface area (TPSA) is 98.3 Å². The molecule has 0 saturated carbocycles. The minimum atomic E-state index is -0.657. The van der Waals surface area contributed by atoms with Gasteiger partial charge in [0.25, 0.3) is 0 Å². The van der Waals surface area contributed by atoms with E-state index < -0.39 is 17.5 Å². The minimum Gasteiger partial charge on any atom is -0.381 e. The number of aromatic nitrogens is 3. The Bertz CT molecular complexity index is 1360. The number of primary amides is 1. The molecule has 3 N–H and O–H groups in total. The van der Waals surface area contributed by atoms with E-state index in [1.807, 2.05) is 16.7 Å². The van der Waals surface area contributed by atoms with E-state index in [-0.39, 0.29) is 13.0 Å². The molecule has 1 amide bonds. The maximum Gasteiger partial charge on any atom is 0.221 e. The number of benzene rings is 2. The maximum atomic E-state index is 13.6. The highest BCUT2D eigenvalue weighted by molar-refractivity contribution is 5.82. The Kier molecular flexibility index (Phi) is 6.28. The lowest BCUT2D eigenvalue weighted by molar-refractivity contribution is -0.117. The van der Waals surface area contributed by atoms with Gasteiger partial charge < -0.3 is 20.7 Å². The second kappa shape index (κ2) is 9.67. The number of amides is 1. The summed E-state index contributed by atoms with van der Waals surface area (Å²) >= 11 is 0. The standard InChI is InChI=1S/C25H24F2N6O2/c26-18-7-16(8-19(27)10-18)13-29-22-12-25(30-14-17(22)9-24(28)34)33-15-31-21-2-1-20(11-23(21)33)32-3-5-35-6-4-32/h1-2,7-8,10-12,14-15H,3-6,9,13H2,(H2,28,34)(H,29,30). The number of nitrogens with one attached hydrogen (secondary N) is 1. The van der Waals surface area contributed by atoms with E-state index >= 15 is 0 Å². The number of anilines is 2. The minimum absolute atomic E-state index is 0.0288. The van der Waals surface area contributed by atoms with Gasteiger partial charge in [0.05, 0.1) is 30.7 Å². The molecule has 0 atom stereocenters. The van der Waals surface area contributed by atoms with E-state index in [9.17, 15) is 13.6 Å². The van der Waals surface area contributed by atoms with E-state index in [0.717, 1.165) is 35.9 Å². The molecule has 2 aromatic carbocycles. The lowest BCUT2D eigenvalue weighted by Gasteiger charge is -2.28.